The van der Waals surface area contributed by atoms with E-state index in [4.69, 9.17) is 16.6 Å². The van der Waals surface area contributed by atoms with Gasteiger partial charge in [-0.25, -0.2) is 0 Å². The van der Waals surface area contributed by atoms with Crippen molar-refractivity contribution in [1.82, 2.24) is 14.8 Å². The average Bonchev–Trinajstić information content (AvgIpc) is 2.78. The average molecular weight is 500 g/mol. The molecule has 0 radical (unpaired) electrons. The summed E-state index contributed by atoms with van der Waals surface area (Å²) < 4.78 is 2.03. The Morgan fingerprint density at radius 3 is 2.54 bits per heavy atom. The summed E-state index contributed by atoms with van der Waals surface area (Å²) in [6, 6.07) is 6.30. The van der Waals surface area contributed by atoms with E-state index in [0.29, 0.717) is 0 Å². The molecule has 1 atom stereocenters. The fourth-order valence-electron chi connectivity index (χ4n) is 3.95. The highest BCUT2D eigenvalue weighted by Gasteiger charge is 2.33. The van der Waals surface area contributed by atoms with Crippen LogP contribution in [0.5, 0.6) is 0 Å². The van der Waals surface area contributed by atoms with Crippen molar-refractivity contribution in [2.24, 2.45) is 0 Å². The monoisotopic (exact) mass is 497 g/mol. The molecule has 1 aliphatic heterocycles. The number of hydrogen-bond donors (Lipinski definition) is 0. The lowest BCUT2D eigenvalue weighted by atomic mass is 9.96. The van der Waals surface area contributed by atoms with Crippen molar-refractivity contribution >= 4 is 49.9 Å². The number of carbonyl (C=O) groups is 1. The molecule has 2 aliphatic rings. The summed E-state index contributed by atoms with van der Waals surface area (Å²) in [5.74, 6) is 0. The lowest BCUT2D eigenvalue weighted by Gasteiger charge is -2.39. The molecule has 0 N–H and O–H groups in total. The van der Waals surface area contributed by atoms with Gasteiger partial charge in [0.15, 0.2) is 0 Å². The zero-order valence-electron chi connectivity index (χ0n) is 14.1. The van der Waals surface area contributed by atoms with E-state index in [0.717, 1.165) is 65.1 Å². The van der Waals surface area contributed by atoms with E-state index in [9.17, 15) is 4.79 Å². The van der Waals surface area contributed by atoms with Gasteiger partial charge in [0.2, 0.25) is 6.41 Å². The second-order valence-corrected chi connectivity index (χ2v) is 8.94. The van der Waals surface area contributed by atoms with E-state index in [1.54, 1.807) is 0 Å². The first-order chi connectivity index (χ1) is 12.6. The van der Waals surface area contributed by atoms with Crippen molar-refractivity contribution in [3.63, 3.8) is 0 Å². The molecule has 1 fully saturated rings. The van der Waals surface area contributed by atoms with E-state index in [-0.39, 0.29) is 6.04 Å². The van der Waals surface area contributed by atoms with Gasteiger partial charge in [-0.05, 0) is 63.7 Å². The van der Waals surface area contributed by atoms with Crippen LogP contribution < -0.4 is 0 Å². The third-order valence-electron chi connectivity index (χ3n) is 5.21. The van der Waals surface area contributed by atoms with Gasteiger partial charge >= 0.3 is 0 Å². The van der Waals surface area contributed by atoms with E-state index in [1.807, 2.05) is 17.2 Å². The Labute approximate surface area is 174 Å². The number of halogens is 3. The number of hydrogen-bond acceptors (Lipinski definition) is 3. The number of benzene rings is 1. The van der Waals surface area contributed by atoms with Crippen LogP contribution in [0.2, 0.25) is 5.02 Å². The molecule has 136 valence electrons. The molecule has 7 heteroatoms. The third kappa shape index (κ3) is 3.44. The van der Waals surface area contributed by atoms with Gasteiger partial charge in [0.1, 0.15) is 0 Å². The molecule has 1 aromatic carbocycles. The van der Waals surface area contributed by atoms with Crippen LogP contribution in [0.3, 0.4) is 0 Å². The Bertz CT molecular complexity index is 853. The number of nitrogens with zero attached hydrogens (tertiary/aromatic N) is 3. The second kappa shape index (κ2) is 7.58. The fourth-order valence-corrected chi connectivity index (χ4v) is 5.42. The number of carbonyl (C=O) groups excluding carboxylic acids is 1. The predicted molar refractivity (Wildman–Crippen MR) is 110 cm³/mol. The Balaban J connectivity index is 1.84. The first-order valence-corrected chi connectivity index (χ1v) is 10.6. The Hall–Kier alpha value is -0.950. The smallest absolute Gasteiger partial charge is 0.209 e. The van der Waals surface area contributed by atoms with Crippen molar-refractivity contribution in [1.29, 1.82) is 0 Å². The zero-order chi connectivity index (χ0) is 18.3. The van der Waals surface area contributed by atoms with Crippen LogP contribution in [0.15, 0.2) is 33.3 Å². The summed E-state index contributed by atoms with van der Waals surface area (Å²) in [4.78, 5) is 20.2. The van der Waals surface area contributed by atoms with E-state index in [1.165, 1.54) is 16.7 Å². The maximum Gasteiger partial charge on any atom is 0.209 e. The lowest BCUT2D eigenvalue weighted by molar-refractivity contribution is -0.119. The zero-order valence-corrected chi connectivity index (χ0v) is 18.0. The Kier molecular flexibility index (Phi) is 5.37. The molecule has 4 nitrogen and oxygen atoms in total. The van der Waals surface area contributed by atoms with Crippen molar-refractivity contribution in [2.45, 2.75) is 18.9 Å². The maximum absolute atomic E-state index is 11.1. The van der Waals surface area contributed by atoms with Gasteiger partial charge in [0, 0.05) is 46.3 Å². The van der Waals surface area contributed by atoms with Crippen molar-refractivity contribution in [2.75, 3.05) is 26.2 Å². The summed E-state index contributed by atoms with van der Waals surface area (Å²) in [7, 11) is 0. The molecular weight excluding hydrogens is 481 g/mol. The highest BCUT2D eigenvalue weighted by atomic mass is 79.9. The molecule has 1 aromatic heterocycles. The number of aromatic nitrogens is 1. The topological polar surface area (TPSA) is 36.4 Å². The first kappa shape index (κ1) is 18.4. The maximum atomic E-state index is 11.1. The molecule has 4 rings (SSSR count). The van der Waals surface area contributed by atoms with Crippen molar-refractivity contribution in [3.05, 3.63) is 60.7 Å². The Morgan fingerprint density at radius 1 is 1.08 bits per heavy atom. The molecule has 0 bridgehead atoms. The largest absolute Gasteiger partial charge is 0.343 e. The number of amides is 1. The number of aryl methyl sites for hydroxylation is 2. The number of piperazine rings is 1. The lowest BCUT2D eigenvalue weighted by Crippen LogP contribution is -2.47. The molecule has 2 heterocycles. The number of pyridine rings is 1. The summed E-state index contributed by atoms with van der Waals surface area (Å²) >= 11 is 13.6. The summed E-state index contributed by atoms with van der Waals surface area (Å²) in [5.41, 5.74) is 4.89. The fraction of sp³-hybridized carbons (Fsp3) is 0.368. The number of fused-ring (bicyclic) bond motifs is 2. The van der Waals surface area contributed by atoms with Crippen LogP contribution in [-0.2, 0) is 17.6 Å². The molecular formula is C19H18Br2ClN3O. The summed E-state index contributed by atoms with van der Waals surface area (Å²) in [6.07, 6.45) is 4.69. The van der Waals surface area contributed by atoms with Crippen LogP contribution in [0.25, 0.3) is 0 Å². The molecule has 1 aliphatic carbocycles. The van der Waals surface area contributed by atoms with Crippen LogP contribution in [0.1, 0.15) is 28.4 Å². The molecule has 2 aromatic rings. The van der Waals surface area contributed by atoms with Gasteiger partial charge in [-0.3, -0.25) is 14.7 Å². The molecule has 0 saturated carbocycles. The van der Waals surface area contributed by atoms with Gasteiger partial charge in [-0.15, -0.1) is 0 Å². The molecule has 1 amide bonds. The van der Waals surface area contributed by atoms with E-state index >= 15 is 0 Å². The highest BCUT2D eigenvalue weighted by Crippen LogP contribution is 2.41. The van der Waals surface area contributed by atoms with Gasteiger partial charge in [0.25, 0.3) is 0 Å². The minimum Gasteiger partial charge on any atom is -0.343 e. The van der Waals surface area contributed by atoms with Gasteiger partial charge < -0.3 is 4.90 Å². The van der Waals surface area contributed by atoms with Crippen molar-refractivity contribution < 1.29 is 4.79 Å². The third-order valence-corrected chi connectivity index (χ3v) is 6.52. The first-order valence-electron chi connectivity index (χ1n) is 8.62. The van der Waals surface area contributed by atoms with Gasteiger partial charge in [-0.1, -0.05) is 27.5 Å². The van der Waals surface area contributed by atoms with E-state index < -0.39 is 0 Å². The number of rotatable bonds is 2. The normalized spacial score (nSPS) is 20.3. The van der Waals surface area contributed by atoms with Crippen LogP contribution in [0.4, 0.5) is 0 Å². The molecule has 26 heavy (non-hydrogen) atoms. The molecule has 0 spiro atoms. The van der Waals surface area contributed by atoms with Crippen LogP contribution in [0, 0.1) is 0 Å². The molecule has 1 saturated heterocycles. The summed E-state index contributed by atoms with van der Waals surface area (Å²) in [6.45, 7) is 3.14. The Morgan fingerprint density at radius 2 is 1.81 bits per heavy atom. The summed E-state index contributed by atoms with van der Waals surface area (Å²) in [5, 5.41) is 0.750. The SMILES string of the molecule is O=CN1CCN(C2c3ncc(Br)cc3CCc3cc(Cl)cc(Br)c32)CC1. The van der Waals surface area contributed by atoms with E-state index in [2.05, 4.69) is 48.9 Å². The molecule has 1 unspecified atom stereocenters. The highest BCUT2D eigenvalue weighted by molar-refractivity contribution is 9.10. The predicted octanol–water partition coefficient (Wildman–Crippen LogP) is 4.22. The van der Waals surface area contributed by atoms with Gasteiger partial charge in [-0.2, -0.15) is 0 Å². The second-order valence-electron chi connectivity index (χ2n) is 6.74. The van der Waals surface area contributed by atoms with Gasteiger partial charge in [0.05, 0.1) is 11.7 Å². The van der Waals surface area contributed by atoms with Crippen LogP contribution in [-0.4, -0.2) is 47.4 Å². The minimum absolute atomic E-state index is 0.0658. The quantitative estimate of drug-likeness (QED) is 0.581. The van der Waals surface area contributed by atoms with Crippen molar-refractivity contribution in [3.8, 4) is 0 Å². The van der Waals surface area contributed by atoms with Crippen LogP contribution >= 0.6 is 43.5 Å². The standard InChI is InChI=1S/C19H18Br2ClN3O/c20-14-7-13-2-1-12-8-15(22)9-16(21)17(12)19(18(13)23-10-14)25-5-3-24(11-26)4-6-25/h7-11,19H,1-6H2. The minimum atomic E-state index is 0.0658.